The fourth-order valence-corrected chi connectivity index (χ4v) is 1.62. The van der Waals surface area contributed by atoms with Crippen LogP contribution in [0.25, 0.3) is 0 Å². The van der Waals surface area contributed by atoms with E-state index in [0.29, 0.717) is 19.5 Å². The molecule has 3 nitrogen and oxygen atoms in total. The molecule has 0 radical (unpaired) electrons. The van der Waals surface area contributed by atoms with Gasteiger partial charge in [-0.2, -0.15) is 0 Å². The Morgan fingerprint density at radius 3 is 2.53 bits per heavy atom. The van der Waals surface area contributed by atoms with E-state index in [9.17, 15) is 9.18 Å². The third-order valence-electron chi connectivity index (χ3n) is 2.65. The third-order valence-corrected chi connectivity index (χ3v) is 2.65. The first-order valence-corrected chi connectivity index (χ1v) is 5.96. The lowest BCUT2D eigenvalue weighted by molar-refractivity contribution is -0.129. The van der Waals surface area contributed by atoms with Crippen LogP contribution in [0.1, 0.15) is 12.0 Å². The molecule has 1 amide bonds. The van der Waals surface area contributed by atoms with Crippen molar-refractivity contribution in [2.75, 3.05) is 13.7 Å². The average Bonchev–Trinajstić information content (AvgIpc) is 2.43. The molecule has 0 aliphatic carbocycles. The summed E-state index contributed by atoms with van der Waals surface area (Å²) in [5.74, 6) is -0.891. The maximum atomic E-state index is 13.0. The summed E-state index contributed by atoms with van der Waals surface area (Å²) in [4.78, 5) is 13.1. The van der Waals surface area contributed by atoms with E-state index in [2.05, 4.69) is 13.2 Å². The molecule has 0 bridgehead atoms. The summed E-state index contributed by atoms with van der Waals surface area (Å²) in [6.07, 6.45) is 2.30. The van der Waals surface area contributed by atoms with Crippen LogP contribution in [-0.4, -0.2) is 24.5 Å². The first kappa shape index (κ1) is 15.0. The van der Waals surface area contributed by atoms with Crippen LogP contribution in [0.2, 0.25) is 0 Å². The Hall–Kier alpha value is -2.10. The van der Waals surface area contributed by atoms with Crippen molar-refractivity contribution < 1.29 is 13.9 Å². The van der Waals surface area contributed by atoms with Gasteiger partial charge in [0, 0.05) is 13.1 Å². The Balaban J connectivity index is 2.77. The van der Waals surface area contributed by atoms with E-state index in [1.807, 2.05) is 12.1 Å². The van der Waals surface area contributed by atoms with Gasteiger partial charge in [0.15, 0.2) is 5.83 Å². The molecule has 102 valence electrons. The molecule has 0 aliphatic rings. The molecule has 0 heterocycles. The highest BCUT2D eigenvalue weighted by Crippen LogP contribution is 2.14. The van der Waals surface area contributed by atoms with Crippen LogP contribution >= 0.6 is 0 Å². The highest BCUT2D eigenvalue weighted by Gasteiger charge is 2.16. The summed E-state index contributed by atoms with van der Waals surface area (Å²) in [5, 5.41) is 0. The van der Waals surface area contributed by atoms with Gasteiger partial charge >= 0.3 is 0 Å². The quantitative estimate of drug-likeness (QED) is 0.559. The Morgan fingerprint density at radius 1 is 1.42 bits per heavy atom. The number of carbonyl (C=O) groups is 1. The van der Waals surface area contributed by atoms with Gasteiger partial charge in [-0.25, -0.2) is 4.39 Å². The number of amides is 1. The van der Waals surface area contributed by atoms with Crippen LogP contribution in [0.15, 0.2) is 49.3 Å². The molecule has 1 aromatic carbocycles. The Kier molecular flexibility index (Phi) is 5.79. The summed E-state index contributed by atoms with van der Waals surface area (Å²) in [6.45, 7) is 7.39. The maximum absolute atomic E-state index is 13.0. The molecule has 0 unspecified atom stereocenters. The van der Waals surface area contributed by atoms with Crippen LogP contribution in [0, 0.1) is 0 Å². The molecule has 1 aromatic rings. The van der Waals surface area contributed by atoms with Gasteiger partial charge < -0.3 is 9.64 Å². The first-order chi connectivity index (χ1) is 9.08. The summed E-state index contributed by atoms with van der Waals surface area (Å²) < 4.78 is 18.0. The van der Waals surface area contributed by atoms with Gasteiger partial charge in [-0.1, -0.05) is 24.8 Å². The minimum absolute atomic E-state index is 0.333. The summed E-state index contributed by atoms with van der Waals surface area (Å²) >= 11 is 0. The van der Waals surface area contributed by atoms with Crippen LogP contribution in [0.4, 0.5) is 4.39 Å². The number of hydrogen-bond donors (Lipinski definition) is 0. The van der Waals surface area contributed by atoms with Gasteiger partial charge in [0.25, 0.3) is 5.91 Å². The number of ether oxygens (including phenoxy) is 1. The van der Waals surface area contributed by atoms with Crippen molar-refractivity contribution in [3.05, 3.63) is 54.9 Å². The zero-order valence-electron chi connectivity index (χ0n) is 11.1. The van der Waals surface area contributed by atoms with E-state index in [0.717, 1.165) is 11.3 Å². The summed E-state index contributed by atoms with van der Waals surface area (Å²) in [7, 11) is 1.59. The molecule has 0 saturated carbocycles. The molecule has 0 spiro atoms. The second-order valence-corrected chi connectivity index (χ2v) is 4.06. The molecule has 0 atom stereocenters. The largest absolute Gasteiger partial charge is 0.497 e. The number of rotatable bonds is 7. The molecule has 0 aliphatic heterocycles. The molecular formula is C15H18FNO2. The monoisotopic (exact) mass is 263 g/mol. The topological polar surface area (TPSA) is 29.5 Å². The van der Waals surface area contributed by atoms with E-state index >= 15 is 0 Å². The van der Waals surface area contributed by atoms with Crippen LogP contribution in [-0.2, 0) is 11.3 Å². The smallest absolute Gasteiger partial charge is 0.282 e. The lowest BCUT2D eigenvalue weighted by Gasteiger charge is -2.21. The molecule has 1 rings (SSSR count). The van der Waals surface area contributed by atoms with Crippen LogP contribution < -0.4 is 4.74 Å². The molecule has 4 heteroatoms. The zero-order chi connectivity index (χ0) is 14.3. The number of benzene rings is 1. The molecule has 0 aromatic heterocycles. The van der Waals surface area contributed by atoms with E-state index in [-0.39, 0.29) is 0 Å². The fraction of sp³-hybridized carbons (Fsp3) is 0.267. The molecule has 19 heavy (non-hydrogen) atoms. The Labute approximate surface area is 113 Å². The summed E-state index contributed by atoms with van der Waals surface area (Å²) in [5.41, 5.74) is 0.902. The van der Waals surface area contributed by atoms with Gasteiger partial charge in [0.2, 0.25) is 0 Å². The van der Waals surface area contributed by atoms with Gasteiger partial charge in [-0.3, -0.25) is 4.79 Å². The normalized spacial score (nSPS) is 9.79. The van der Waals surface area contributed by atoms with Crippen molar-refractivity contribution in [2.24, 2.45) is 0 Å². The summed E-state index contributed by atoms with van der Waals surface area (Å²) in [6, 6.07) is 7.29. The van der Waals surface area contributed by atoms with Gasteiger partial charge in [-0.05, 0) is 24.1 Å². The van der Waals surface area contributed by atoms with Gasteiger partial charge in [-0.15, -0.1) is 6.58 Å². The molecule has 0 N–H and O–H groups in total. The zero-order valence-corrected chi connectivity index (χ0v) is 11.1. The van der Waals surface area contributed by atoms with Crippen molar-refractivity contribution in [1.29, 1.82) is 0 Å². The standard InChI is InChI=1S/C15H18FNO2/c1-4-5-10-17(15(18)12(2)16)11-13-6-8-14(19-3)9-7-13/h4,6-9H,1-2,5,10-11H2,3H3. The van der Waals surface area contributed by atoms with Crippen LogP contribution in [0.3, 0.4) is 0 Å². The van der Waals surface area contributed by atoms with Crippen LogP contribution in [0.5, 0.6) is 5.75 Å². The highest BCUT2D eigenvalue weighted by molar-refractivity contribution is 5.90. The Bertz CT molecular complexity index is 454. The van der Waals surface area contributed by atoms with E-state index < -0.39 is 11.7 Å². The van der Waals surface area contributed by atoms with Crippen molar-refractivity contribution >= 4 is 5.91 Å². The Morgan fingerprint density at radius 2 is 2.05 bits per heavy atom. The van der Waals surface area contributed by atoms with E-state index in [1.54, 1.807) is 25.3 Å². The molecule has 0 fully saturated rings. The first-order valence-electron chi connectivity index (χ1n) is 5.96. The van der Waals surface area contributed by atoms with E-state index in [1.165, 1.54) is 4.90 Å². The molecule has 0 saturated heterocycles. The van der Waals surface area contributed by atoms with Gasteiger partial charge in [0.1, 0.15) is 5.75 Å². The third kappa shape index (κ3) is 4.58. The number of carbonyl (C=O) groups excluding carboxylic acids is 1. The number of halogens is 1. The number of nitrogens with zero attached hydrogens (tertiary/aromatic N) is 1. The number of methoxy groups -OCH3 is 1. The fourth-order valence-electron chi connectivity index (χ4n) is 1.62. The van der Waals surface area contributed by atoms with E-state index in [4.69, 9.17) is 4.74 Å². The second kappa shape index (κ2) is 7.36. The van der Waals surface area contributed by atoms with Crippen molar-refractivity contribution in [3.8, 4) is 5.75 Å². The highest BCUT2D eigenvalue weighted by atomic mass is 19.1. The number of hydrogen-bond acceptors (Lipinski definition) is 2. The minimum atomic E-state index is -0.947. The van der Waals surface area contributed by atoms with Crippen molar-refractivity contribution in [3.63, 3.8) is 0 Å². The molecular weight excluding hydrogens is 245 g/mol. The SMILES string of the molecule is C=CCCN(Cc1ccc(OC)cc1)C(=O)C(=C)F. The maximum Gasteiger partial charge on any atom is 0.282 e. The van der Waals surface area contributed by atoms with Crippen molar-refractivity contribution in [2.45, 2.75) is 13.0 Å². The predicted molar refractivity (Wildman–Crippen MR) is 73.5 cm³/mol. The van der Waals surface area contributed by atoms with Crippen molar-refractivity contribution in [1.82, 2.24) is 4.90 Å². The average molecular weight is 263 g/mol. The van der Waals surface area contributed by atoms with Gasteiger partial charge in [0.05, 0.1) is 7.11 Å². The lowest BCUT2D eigenvalue weighted by Crippen LogP contribution is -2.31. The second-order valence-electron chi connectivity index (χ2n) is 4.06. The lowest BCUT2D eigenvalue weighted by atomic mass is 10.2. The predicted octanol–water partition coefficient (Wildman–Crippen LogP) is 3.08. The minimum Gasteiger partial charge on any atom is -0.497 e.